The lowest BCUT2D eigenvalue weighted by molar-refractivity contribution is 0.570. The molecule has 1 aromatic heterocycles. The van der Waals surface area contributed by atoms with Crippen LogP contribution in [0.2, 0.25) is 0 Å². The van der Waals surface area contributed by atoms with Crippen molar-refractivity contribution in [2.75, 3.05) is 0 Å². The van der Waals surface area contributed by atoms with Gasteiger partial charge in [-0.05, 0) is 50.5 Å². The van der Waals surface area contributed by atoms with Crippen molar-refractivity contribution in [3.8, 4) is 0 Å². The zero-order chi connectivity index (χ0) is 26.8. The van der Waals surface area contributed by atoms with Gasteiger partial charge in [-0.2, -0.15) is 0 Å². The fourth-order valence-corrected chi connectivity index (χ4v) is 5.54. The third-order valence-electron chi connectivity index (χ3n) is 8.04. The van der Waals surface area contributed by atoms with Crippen LogP contribution in [0.25, 0.3) is 0 Å². The summed E-state index contributed by atoms with van der Waals surface area (Å²) in [6, 6.07) is 0. The first-order valence-electron chi connectivity index (χ1n) is 17.1. The molecule has 0 fully saturated rings. The van der Waals surface area contributed by atoms with Crippen molar-refractivity contribution >= 4 is 0 Å². The Bertz CT molecular complexity index is 585. The van der Waals surface area contributed by atoms with E-state index in [0.717, 1.165) is 12.2 Å². The SMILES string of the molecule is CCCCCCCCCc1nc(CCCC)nc(CCCCCCCCC)c1CCCCCCCCC. The van der Waals surface area contributed by atoms with E-state index >= 15 is 0 Å². The summed E-state index contributed by atoms with van der Waals surface area (Å²) < 4.78 is 0. The second-order valence-electron chi connectivity index (χ2n) is 11.7. The van der Waals surface area contributed by atoms with Gasteiger partial charge in [0, 0.05) is 17.8 Å². The lowest BCUT2D eigenvalue weighted by Gasteiger charge is -2.16. The van der Waals surface area contributed by atoms with Gasteiger partial charge in [0.15, 0.2) is 0 Å². The van der Waals surface area contributed by atoms with Crippen LogP contribution in [0.15, 0.2) is 0 Å². The fraction of sp³-hybridized carbons (Fsp3) is 0.886. The van der Waals surface area contributed by atoms with Gasteiger partial charge in [-0.1, -0.05) is 150 Å². The van der Waals surface area contributed by atoms with Gasteiger partial charge in [-0.25, -0.2) is 9.97 Å². The second kappa shape index (κ2) is 25.4. The van der Waals surface area contributed by atoms with Crippen molar-refractivity contribution in [1.82, 2.24) is 9.97 Å². The van der Waals surface area contributed by atoms with Crippen LogP contribution in [0.4, 0.5) is 0 Å². The smallest absolute Gasteiger partial charge is 0.128 e. The largest absolute Gasteiger partial charge is 0.238 e. The number of rotatable bonds is 27. The Balaban J connectivity index is 2.80. The van der Waals surface area contributed by atoms with Crippen LogP contribution in [0.1, 0.15) is 198 Å². The molecule has 2 heteroatoms. The normalized spacial score (nSPS) is 11.5. The lowest BCUT2D eigenvalue weighted by Crippen LogP contribution is -2.11. The molecule has 0 aliphatic rings. The predicted molar refractivity (Wildman–Crippen MR) is 166 cm³/mol. The van der Waals surface area contributed by atoms with Crippen molar-refractivity contribution in [2.24, 2.45) is 0 Å². The number of nitrogens with zero attached hydrogens (tertiary/aromatic N) is 2. The molecule has 0 aromatic carbocycles. The molecule has 1 heterocycles. The molecule has 0 unspecified atom stereocenters. The van der Waals surface area contributed by atoms with Gasteiger partial charge in [-0.15, -0.1) is 0 Å². The molecule has 0 radical (unpaired) electrons. The van der Waals surface area contributed by atoms with Crippen molar-refractivity contribution in [3.05, 3.63) is 22.8 Å². The Morgan fingerprint density at radius 1 is 0.324 bits per heavy atom. The van der Waals surface area contributed by atoms with Crippen LogP contribution < -0.4 is 0 Å². The highest BCUT2D eigenvalue weighted by Gasteiger charge is 2.14. The van der Waals surface area contributed by atoms with Gasteiger partial charge in [0.05, 0.1) is 0 Å². The molecule has 0 saturated carbocycles. The number of hydrogen-bond acceptors (Lipinski definition) is 2. The maximum atomic E-state index is 5.22. The maximum Gasteiger partial charge on any atom is 0.128 e. The van der Waals surface area contributed by atoms with Gasteiger partial charge < -0.3 is 0 Å². The molecule has 0 N–H and O–H groups in total. The van der Waals surface area contributed by atoms with E-state index in [1.807, 2.05) is 0 Å². The molecule has 37 heavy (non-hydrogen) atoms. The summed E-state index contributed by atoms with van der Waals surface area (Å²) in [6.45, 7) is 9.21. The van der Waals surface area contributed by atoms with Crippen LogP contribution in [-0.2, 0) is 25.7 Å². The minimum absolute atomic E-state index is 1.06. The van der Waals surface area contributed by atoms with E-state index < -0.39 is 0 Å². The Morgan fingerprint density at radius 2 is 0.649 bits per heavy atom. The number of unbranched alkanes of at least 4 members (excludes halogenated alkanes) is 19. The summed E-state index contributed by atoms with van der Waals surface area (Å²) in [5.41, 5.74) is 4.42. The molecule has 2 nitrogen and oxygen atoms in total. The third-order valence-corrected chi connectivity index (χ3v) is 8.04. The van der Waals surface area contributed by atoms with Crippen molar-refractivity contribution < 1.29 is 0 Å². The van der Waals surface area contributed by atoms with E-state index in [-0.39, 0.29) is 0 Å². The highest BCUT2D eigenvalue weighted by molar-refractivity contribution is 5.27. The van der Waals surface area contributed by atoms with Gasteiger partial charge in [0.2, 0.25) is 0 Å². The maximum absolute atomic E-state index is 5.22. The molecule has 0 spiro atoms. The van der Waals surface area contributed by atoms with Gasteiger partial charge in [0.25, 0.3) is 0 Å². The third kappa shape index (κ3) is 18.1. The molecule has 1 aromatic rings. The van der Waals surface area contributed by atoms with E-state index in [0.29, 0.717) is 0 Å². The Hall–Kier alpha value is -0.920. The van der Waals surface area contributed by atoms with Gasteiger partial charge >= 0.3 is 0 Å². The topological polar surface area (TPSA) is 25.8 Å². The van der Waals surface area contributed by atoms with E-state index in [1.165, 1.54) is 178 Å². The van der Waals surface area contributed by atoms with Crippen LogP contribution in [-0.4, -0.2) is 9.97 Å². The molecule has 0 bridgehead atoms. The minimum Gasteiger partial charge on any atom is -0.238 e. The summed E-state index contributed by atoms with van der Waals surface area (Å²) in [5, 5.41) is 0. The standard InChI is InChI=1S/C35H66N2/c1-5-9-13-16-19-22-25-28-32-33(29-26-23-20-17-14-10-6-2)36-35(31-12-8-4)37-34(32)30-27-24-21-18-15-11-7-3/h5-31H2,1-4H3. The molecular formula is C35H66N2. The Morgan fingerprint density at radius 3 is 1.03 bits per heavy atom. The summed E-state index contributed by atoms with van der Waals surface area (Å²) in [6.07, 6.45) is 35.9. The number of aryl methyl sites for hydroxylation is 3. The van der Waals surface area contributed by atoms with Crippen LogP contribution in [0.3, 0.4) is 0 Å². The zero-order valence-corrected chi connectivity index (χ0v) is 26.0. The summed E-state index contributed by atoms with van der Waals surface area (Å²) in [7, 11) is 0. The summed E-state index contributed by atoms with van der Waals surface area (Å²) in [4.78, 5) is 10.4. The van der Waals surface area contributed by atoms with Gasteiger partial charge in [-0.3, -0.25) is 0 Å². The first-order chi connectivity index (χ1) is 18.3. The second-order valence-corrected chi connectivity index (χ2v) is 11.7. The molecule has 0 aliphatic heterocycles. The van der Waals surface area contributed by atoms with Crippen LogP contribution >= 0.6 is 0 Å². The monoisotopic (exact) mass is 515 g/mol. The number of hydrogen-bond donors (Lipinski definition) is 0. The Labute approximate surface area is 233 Å². The average Bonchev–Trinajstić information content (AvgIpc) is 2.91. The fourth-order valence-electron chi connectivity index (χ4n) is 5.54. The highest BCUT2D eigenvalue weighted by Crippen LogP contribution is 2.22. The molecule has 0 saturated heterocycles. The van der Waals surface area contributed by atoms with Gasteiger partial charge in [0.1, 0.15) is 5.82 Å². The number of aromatic nitrogens is 2. The van der Waals surface area contributed by atoms with E-state index in [2.05, 4.69) is 27.7 Å². The van der Waals surface area contributed by atoms with Crippen molar-refractivity contribution in [3.63, 3.8) is 0 Å². The highest BCUT2D eigenvalue weighted by atomic mass is 14.9. The van der Waals surface area contributed by atoms with E-state index in [4.69, 9.17) is 9.97 Å². The van der Waals surface area contributed by atoms with Crippen molar-refractivity contribution in [1.29, 1.82) is 0 Å². The molecule has 216 valence electrons. The predicted octanol–water partition coefficient (Wildman–Crippen LogP) is 11.7. The van der Waals surface area contributed by atoms with Crippen molar-refractivity contribution in [2.45, 2.75) is 201 Å². The molecular weight excluding hydrogens is 448 g/mol. The lowest BCUT2D eigenvalue weighted by atomic mass is 9.96. The minimum atomic E-state index is 1.06. The van der Waals surface area contributed by atoms with Crippen LogP contribution in [0.5, 0.6) is 0 Å². The first-order valence-corrected chi connectivity index (χ1v) is 17.1. The first kappa shape index (κ1) is 34.1. The molecule has 1 rings (SSSR count). The zero-order valence-electron chi connectivity index (χ0n) is 26.0. The summed E-state index contributed by atoms with van der Waals surface area (Å²) in [5.74, 6) is 1.14. The van der Waals surface area contributed by atoms with Crippen LogP contribution in [0, 0.1) is 0 Å². The quantitative estimate of drug-likeness (QED) is 0.109. The Kier molecular flexibility index (Phi) is 23.4. The average molecular weight is 515 g/mol. The van der Waals surface area contributed by atoms with E-state index in [1.54, 1.807) is 5.56 Å². The van der Waals surface area contributed by atoms with E-state index in [9.17, 15) is 0 Å². The molecule has 0 aliphatic carbocycles. The summed E-state index contributed by atoms with van der Waals surface area (Å²) >= 11 is 0. The molecule has 0 atom stereocenters. The molecule has 0 amide bonds.